The summed E-state index contributed by atoms with van der Waals surface area (Å²) >= 11 is 0. The Labute approximate surface area is 110 Å². The molecule has 1 rings (SSSR count). The van der Waals surface area contributed by atoms with Crippen molar-refractivity contribution >= 4 is 5.97 Å². The minimum absolute atomic E-state index is 0.0883. The molecule has 0 spiro atoms. The first-order chi connectivity index (χ1) is 8.52. The van der Waals surface area contributed by atoms with E-state index < -0.39 is 12.1 Å². The first-order valence-electron chi connectivity index (χ1n) is 6.78. The molecule has 1 aliphatic rings. The van der Waals surface area contributed by atoms with Crippen molar-refractivity contribution < 1.29 is 14.6 Å². The predicted molar refractivity (Wildman–Crippen MR) is 70.8 cm³/mol. The lowest BCUT2D eigenvalue weighted by Gasteiger charge is -2.24. The van der Waals surface area contributed by atoms with Gasteiger partial charge in [-0.1, -0.05) is 6.92 Å². The second kappa shape index (κ2) is 7.71. The molecule has 0 bridgehead atoms. The molecule has 18 heavy (non-hydrogen) atoms. The maximum Gasteiger partial charge on any atom is 0.332 e. The molecule has 2 unspecified atom stereocenters. The number of ether oxygens (including phenoxy) is 1. The molecule has 0 aliphatic carbocycles. The van der Waals surface area contributed by atoms with Gasteiger partial charge in [-0.2, -0.15) is 0 Å². The molecule has 1 N–H and O–H groups in total. The minimum Gasteiger partial charge on any atom is -0.479 e. The summed E-state index contributed by atoms with van der Waals surface area (Å²) in [7, 11) is 4.15. The Balaban J connectivity index is 2.24. The zero-order valence-corrected chi connectivity index (χ0v) is 11.8. The van der Waals surface area contributed by atoms with Crippen molar-refractivity contribution in [1.29, 1.82) is 0 Å². The van der Waals surface area contributed by atoms with Crippen LogP contribution in [0.1, 0.15) is 26.2 Å². The number of hydrogen-bond acceptors (Lipinski definition) is 4. The van der Waals surface area contributed by atoms with Crippen LogP contribution in [0.3, 0.4) is 0 Å². The van der Waals surface area contributed by atoms with Crippen LogP contribution in [-0.2, 0) is 9.53 Å². The van der Waals surface area contributed by atoms with Crippen LogP contribution in [-0.4, -0.2) is 73.4 Å². The molecule has 5 heteroatoms. The van der Waals surface area contributed by atoms with Gasteiger partial charge in [-0.25, -0.2) is 4.79 Å². The van der Waals surface area contributed by atoms with Crippen LogP contribution in [0.15, 0.2) is 0 Å². The fraction of sp³-hybridized carbons (Fsp3) is 0.923. The molecule has 0 aromatic rings. The SMILES string of the molecule is CCN(CCCN(C)C)CC1CCC(C(=O)O)O1. The van der Waals surface area contributed by atoms with E-state index >= 15 is 0 Å². The van der Waals surface area contributed by atoms with Gasteiger partial charge in [0.25, 0.3) is 0 Å². The Morgan fingerprint density at radius 2 is 2.06 bits per heavy atom. The highest BCUT2D eigenvalue weighted by molar-refractivity contribution is 5.72. The zero-order valence-electron chi connectivity index (χ0n) is 11.8. The van der Waals surface area contributed by atoms with Crippen molar-refractivity contribution in [2.24, 2.45) is 0 Å². The summed E-state index contributed by atoms with van der Waals surface area (Å²) < 4.78 is 5.53. The van der Waals surface area contributed by atoms with E-state index in [0.29, 0.717) is 6.42 Å². The molecule has 0 aromatic carbocycles. The fourth-order valence-electron chi connectivity index (χ4n) is 2.30. The summed E-state index contributed by atoms with van der Waals surface area (Å²) in [5.41, 5.74) is 0. The molecule has 1 aliphatic heterocycles. The lowest BCUT2D eigenvalue weighted by molar-refractivity contribution is -0.149. The number of carboxylic acid groups (broad SMARTS) is 1. The number of aliphatic carboxylic acids is 1. The van der Waals surface area contributed by atoms with Gasteiger partial charge in [0.2, 0.25) is 0 Å². The number of likely N-dealkylation sites (N-methyl/N-ethyl adjacent to an activating group) is 1. The van der Waals surface area contributed by atoms with Crippen molar-refractivity contribution in [3.05, 3.63) is 0 Å². The van der Waals surface area contributed by atoms with E-state index in [1.807, 2.05) is 0 Å². The van der Waals surface area contributed by atoms with Crippen LogP contribution >= 0.6 is 0 Å². The smallest absolute Gasteiger partial charge is 0.332 e. The number of nitrogens with zero attached hydrogens (tertiary/aromatic N) is 2. The van der Waals surface area contributed by atoms with Gasteiger partial charge in [-0.05, 0) is 53.0 Å². The van der Waals surface area contributed by atoms with Gasteiger partial charge in [0.05, 0.1) is 6.10 Å². The Morgan fingerprint density at radius 1 is 1.33 bits per heavy atom. The average molecular weight is 258 g/mol. The molecular formula is C13H26N2O3. The predicted octanol–water partition coefficient (Wildman–Crippen LogP) is 0.892. The standard InChI is InChI=1S/C13H26N2O3/c1-4-15(9-5-8-14(2)3)10-11-6-7-12(18-11)13(16)17/h11-12H,4-10H2,1-3H3,(H,16,17). The van der Waals surface area contributed by atoms with Crippen molar-refractivity contribution in [3.8, 4) is 0 Å². The molecule has 0 saturated carbocycles. The fourth-order valence-corrected chi connectivity index (χ4v) is 2.30. The Kier molecular flexibility index (Phi) is 6.60. The van der Waals surface area contributed by atoms with Crippen LogP contribution in [0.4, 0.5) is 0 Å². The molecule has 106 valence electrons. The molecule has 0 amide bonds. The summed E-state index contributed by atoms with van der Waals surface area (Å²) in [5.74, 6) is -0.826. The van der Waals surface area contributed by atoms with Gasteiger partial charge in [-0.15, -0.1) is 0 Å². The van der Waals surface area contributed by atoms with E-state index in [0.717, 1.165) is 39.0 Å². The third-order valence-corrected chi connectivity index (χ3v) is 3.37. The molecule has 1 fully saturated rings. The summed E-state index contributed by atoms with van der Waals surface area (Å²) in [6, 6.07) is 0. The van der Waals surface area contributed by atoms with Crippen LogP contribution in [0.5, 0.6) is 0 Å². The lowest BCUT2D eigenvalue weighted by atomic mass is 10.2. The quantitative estimate of drug-likeness (QED) is 0.701. The van der Waals surface area contributed by atoms with Gasteiger partial charge in [0.1, 0.15) is 0 Å². The Bertz CT molecular complexity index is 259. The van der Waals surface area contributed by atoms with Crippen molar-refractivity contribution in [3.63, 3.8) is 0 Å². The highest BCUT2D eigenvalue weighted by Crippen LogP contribution is 2.20. The lowest BCUT2D eigenvalue weighted by Crippen LogP contribution is -2.35. The van der Waals surface area contributed by atoms with Gasteiger partial charge in [0.15, 0.2) is 6.10 Å². The zero-order chi connectivity index (χ0) is 13.5. The summed E-state index contributed by atoms with van der Waals surface area (Å²) in [6.45, 7) is 6.12. The van der Waals surface area contributed by atoms with Gasteiger partial charge < -0.3 is 19.6 Å². The largest absolute Gasteiger partial charge is 0.479 e. The second-order valence-electron chi connectivity index (χ2n) is 5.21. The van der Waals surface area contributed by atoms with Gasteiger partial charge in [0, 0.05) is 6.54 Å². The highest BCUT2D eigenvalue weighted by Gasteiger charge is 2.31. The van der Waals surface area contributed by atoms with E-state index in [-0.39, 0.29) is 6.10 Å². The third kappa shape index (κ3) is 5.33. The number of carboxylic acids is 1. The van der Waals surface area contributed by atoms with Crippen LogP contribution in [0.25, 0.3) is 0 Å². The third-order valence-electron chi connectivity index (χ3n) is 3.37. The number of rotatable bonds is 8. The van der Waals surface area contributed by atoms with Crippen molar-refractivity contribution in [1.82, 2.24) is 9.80 Å². The molecule has 1 saturated heterocycles. The number of carbonyl (C=O) groups is 1. The molecule has 0 aromatic heterocycles. The maximum atomic E-state index is 10.8. The molecule has 5 nitrogen and oxygen atoms in total. The minimum atomic E-state index is -0.826. The normalized spacial score (nSPS) is 24.1. The van der Waals surface area contributed by atoms with Crippen molar-refractivity contribution in [2.75, 3.05) is 40.3 Å². The van der Waals surface area contributed by atoms with E-state index in [9.17, 15) is 4.79 Å². The summed E-state index contributed by atoms with van der Waals surface area (Å²) in [5, 5.41) is 8.88. The van der Waals surface area contributed by atoms with Gasteiger partial charge >= 0.3 is 5.97 Å². The van der Waals surface area contributed by atoms with Crippen LogP contribution in [0, 0.1) is 0 Å². The van der Waals surface area contributed by atoms with E-state index in [4.69, 9.17) is 9.84 Å². The molecule has 1 heterocycles. The van der Waals surface area contributed by atoms with E-state index in [1.165, 1.54) is 0 Å². The topological polar surface area (TPSA) is 53.0 Å². The number of hydrogen-bond donors (Lipinski definition) is 1. The molecule has 2 atom stereocenters. The van der Waals surface area contributed by atoms with Crippen molar-refractivity contribution in [2.45, 2.75) is 38.4 Å². The van der Waals surface area contributed by atoms with E-state index in [2.05, 4.69) is 30.8 Å². The first kappa shape index (κ1) is 15.4. The van der Waals surface area contributed by atoms with E-state index in [1.54, 1.807) is 0 Å². The monoisotopic (exact) mass is 258 g/mol. The van der Waals surface area contributed by atoms with Crippen LogP contribution < -0.4 is 0 Å². The summed E-state index contributed by atoms with van der Waals surface area (Å²) in [4.78, 5) is 15.3. The highest BCUT2D eigenvalue weighted by atomic mass is 16.5. The van der Waals surface area contributed by atoms with Crippen LogP contribution in [0.2, 0.25) is 0 Å². The maximum absolute atomic E-state index is 10.8. The first-order valence-corrected chi connectivity index (χ1v) is 6.78. The molecular weight excluding hydrogens is 232 g/mol. The Morgan fingerprint density at radius 3 is 2.56 bits per heavy atom. The Hall–Kier alpha value is -0.650. The second-order valence-corrected chi connectivity index (χ2v) is 5.21. The summed E-state index contributed by atoms with van der Waals surface area (Å²) in [6.07, 6.45) is 2.15. The molecule has 0 radical (unpaired) electrons. The average Bonchev–Trinajstić information content (AvgIpc) is 2.76. The van der Waals surface area contributed by atoms with Gasteiger partial charge in [-0.3, -0.25) is 0 Å².